The van der Waals surface area contributed by atoms with E-state index in [1.54, 1.807) is 18.2 Å². The van der Waals surface area contributed by atoms with Crippen molar-refractivity contribution in [1.29, 1.82) is 0 Å². The van der Waals surface area contributed by atoms with Gasteiger partial charge in [-0.25, -0.2) is 0 Å². The maximum absolute atomic E-state index is 10.1. The van der Waals surface area contributed by atoms with E-state index >= 15 is 0 Å². The molecule has 4 nitrogen and oxygen atoms in total. The molecule has 17 heavy (non-hydrogen) atoms. The van der Waals surface area contributed by atoms with Crippen molar-refractivity contribution in [2.24, 2.45) is 0 Å². The fourth-order valence-corrected chi connectivity index (χ4v) is 1.13. The molecule has 0 amide bonds. The van der Waals surface area contributed by atoms with E-state index in [1.165, 1.54) is 12.1 Å². The second-order valence-electron chi connectivity index (χ2n) is 3.22. The molecule has 0 aromatic heterocycles. The number of aliphatic hydroxyl groups is 1. The van der Waals surface area contributed by atoms with Crippen molar-refractivity contribution < 1.29 is 10.0 Å². The van der Waals surface area contributed by atoms with Crippen molar-refractivity contribution in [3.05, 3.63) is 82.4 Å². The van der Waals surface area contributed by atoms with Crippen LogP contribution in [0.4, 0.5) is 0 Å². The van der Waals surface area contributed by atoms with Gasteiger partial charge in [0.15, 0.2) is 0 Å². The molecule has 2 aromatic rings. The van der Waals surface area contributed by atoms with Crippen LogP contribution in [0.25, 0.3) is 0 Å². The summed E-state index contributed by atoms with van der Waals surface area (Å²) in [6, 6.07) is 20.0. The molecular weight excluding hydrogens is 218 g/mol. The number of benzene rings is 2. The van der Waals surface area contributed by atoms with Gasteiger partial charge in [0.2, 0.25) is 0 Å². The predicted octanol–water partition coefficient (Wildman–Crippen LogP) is 2.64. The lowest BCUT2D eigenvalue weighted by Crippen LogP contribution is -2.08. The van der Waals surface area contributed by atoms with E-state index in [0.717, 1.165) is 0 Å². The number of aliphatic hydroxyl groups excluding tert-OH is 1. The summed E-state index contributed by atoms with van der Waals surface area (Å²) < 4.78 is 0. The average molecular weight is 231 g/mol. The smallest absolute Gasteiger partial charge is 0.329 e. The minimum absolute atomic E-state index is 0.303. The SMILES string of the molecule is O=[N+]([O-])C(O)c1ccccc1.c1ccccc1. The minimum Gasteiger partial charge on any atom is -0.329 e. The molecule has 0 aliphatic heterocycles. The predicted molar refractivity (Wildman–Crippen MR) is 64.8 cm³/mol. The highest BCUT2D eigenvalue weighted by atomic mass is 16.7. The van der Waals surface area contributed by atoms with Gasteiger partial charge in [0.05, 0.1) is 10.5 Å². The number of rotatable bonds is 2. The Hall–Kier alpha value is -2.20. The molecule has 0 saturated carbocycles. The van der Waals surface area contributed by atoms with Gasteiger partial charge in [0.1, 0.15) is 0 Å². The Bertz CT molecular complexity index is 404. The first-order valence-corrected chi connectivity index (χ1v) is 5.08. The summed E-state index contributed by atoms with van der Waals surface area (Å²) in [5.74, 6) is 0. The lowest BCUT2D eigenvalue weighted by molar-refractivity contribution is -0.578. The Kier molecular flexibility index (Phi) is 5.40. The lowest BCUT2D eigenvalue weighted by Gasteiger charge is -2.00. The van der Waals surface area contributed by atoms with Crippen LogP contribution in [0, 0.1) is 10.1 Å². The van der Waals surface area contributed by atoms with E-state index < -0.39 is 11.2 Å². The molecule has 0 spiro atoms. The van der Waals surface area contributed by atoms with Crippen LogP contribution in [-0.4, -0.2) is 10.0 Å². The normalized spacial score (nSPS) is 10.9. The van der Waals surface area contributed by atoms with Gasteiger partial charge in [-0.05, 0) is 12.1 Å². The van der Waals surface area contributed by atoms with Gasteiger partial charge in [-0.2, -0.15) is 0 Å². The van der Waals surface area contributed by atoms with Gasteiger partial charge in [0.25, 0.3) is 0 Å². The molecule has 2 rings (SSSR count). The Morgan fingerprint density at radius 3 is 1.59 bits per heavy atom. The fraction of sp³-hybridized carbons (Fsp3) is 0.0769. The highest BCUT2D eigenvalue weighted by Gasteiger charge is 2.16. The number of hydrogen-bond donors (Lipinski definition) is 1. The van der Waals surface area contributed by atoms with Crippen molar-refractivity contribution >= 4 is 0 Å². The van der Waals surface area contributed by atoms with E-state index in [0.29, 0.717) is 5.56 Å². The average Bonchev–Trinajstić information content (AvgIpc) is 2.41. The Labute approximate surface area is 99.3 Å². The highest BCUT2D eigenvalue weighted by molar-refractivity contribution is 5.15. The maximum Gasteiger partial charge on any atom is 0.339 e. The standard InChI is InChI=1S/C7H7NO3.C6H6/c9-7(8(10)11)6-4-2-1-3-5-6;1-2-4-6-5-3-1/h1-5,7,9H;1-6H. The van der Waals surface area contributed by atoms with Crippen LogP contribution in [0.2, 0.25) is 0 Å². The molecule has 0 aliphatic rings. The second kappa shape index (κ2) is 7.14. The molecule has 0 fully saturated rings. The molecule has 0 heterocycles. The van der Waals surface area contributed by atoms with Gasteiger partial charge >= 0.3 is 6.23 Å². The van der Waals surface area contributed by atoms with Crippen molar-refractivity contribution in [2.45, 2.75) is 6.23 Å². The summed E-state index contributed by atoms with van der Waals surface area (Å²) in [7, 11) is 0. The van der Waals surface area contributed by atoms with Crippen LogP contribution in [0.3, 0.4) is 0 Å². The zero-order valence-corrected chi connectivity index (χ0v) is 9.14. The summed E-state index contributed by atoms with van der Waals surface area (Å²) in [5.41, 5.74) is 0.303. The molecule has 4 heteroatoms. The Balaban J connectivity index is 0.000000202. The molecule has 0 saturated heterocycles. The van der Waals surface area contributed by atoms with Gasteiger partial charge < -0.3 is 5.11 Å². The van der Waals surface area contributed by atoms with Crippen molar-refractivity contribution in [2.75, 3.05) is 0 Å². The van der Waals surface area contributed by atoms with Crippen LogP contribution >= 0.6 is 0 Å². The van der Waals surface area contributed by atoms with Crippen LogP contribution in [0.15, 0.2) is 66.7 Å². The summed E-state index contributed by atoms with van der Waals surface area (Å²) in [6.07, 6.45) is -1.60. The fourth-order valence-electron chi connectivity index (χ4n) is 1.13. The first-order valence-electron chi connectivity index (χ1n) is 5.08. The summed E-state index contributed by atoms with van der Waals surface area (Å²) in [5, 5.41) is 19.0. The van der Waals surface area contributed by atoms with Crippen LogP contribution in [0.1, 0.15) is 11.8 Å². The Morgan fingerprint density at radius 1 is 0.882 bits per heavy atom. The minimum atomic E-state index is -1.60. The van der Waals surface area contributed by atoms with E-state index in [2.05, 4.69) is 0 Å². The Morgan fingerprint density at radius 2 is 1.24 bits per heavy atom. The molecule has 2 aromatic carbocycles. The van der Waals surface area contributed by atoms with Gasteiger partial charge in [0, 0.05) is 0 Å². The quantitative estimate of drug-likeness (QED) is 0.491. The van der Waals surface area contributed by atoms with Crippen LogP contribution in [-0.2, 0) is 0 Å². The van der Waals surface area contributed by atoms with Crippen molar-refractivity contribution in [3.63, 3.8) is 0 Å². The summed E-state index contributed by atoms with van der Waals surface area (Å²) >= 11 is 0. The largest absolute Gasteiger partial charge is 0.339 e. The zero-order valence-electron chi connectivity index (χ0n) is 9.14. The van der Waals surface area contributed by atoms with Crippen LogP contribution in [0.5, 0.6) is 0 Å². The second-order valence-corrected chi connectivity index (χ2v) is 3.22. The topological polar surface area (TPSA) is 63.4 Å². The number of nitrogens with zero attached hydrogens (tertiary/aromatic N) is 1. The number of hydrogen-bond acceptors (Lipinski definition) is 3. The van der Waals surface area contributed by atoms with Gasteiger partial charge in [-0.1, -0.05) is 54.6 Å². The number of nitro groups is 1. The molecule has 88 valence electrons. The molecule has 0 aliphatic carbocycles. The highest BCUT2D eigenvalue weighted by Crippen LogP contribution is 2.11. The van der Waals surface area contributed by atoms with Gasteiger partial charge in [-0.3, -0.25) is 10.1 Å². The third kappa shape index (κ3) is 4.90. The first kappa shape index (κ1) is 12.9. The molecule has 0 radical (unpaired) electrons. The van der Waals surface area contributed by atoms with Crippen LogP contribution < -0.4 is 0 Å². The van der Waals surface area contributed by atoms with E-state index in [1.807, 2.05) is 36.4 Å². The van der Waals surface area contributed by atoms with Crippen molar-refractivity contribution in [3.8, 4) is 0 Å². The molecular formula is C13H13NO3. The zero-order chi connectivity index (χ0) is 12.5. The van der Waals surface area contributed by atoms with E-state index in [9.17, 15) is 10.1 Å². The molecule has 1 unspecified atom stereocenters. The third-order valence-corrected chi connectivity index (χ3v) is 1.96. The van der Waals surface area contributed by atoms with Gasteiger partial charge in [-0.15, -0.1) is 0 Å². The maximum atomic E-state index is 10.1. The summed E-state index contributed by atoms with van der Waals surface area (Å²) in [4.78, 5) is 9.31. The summed E-state index contributed by atoms with van der Waals surface area (Å²) in [6.45, 7) is 0. The molecule has 0 bridgehead atoms. The first-order chi connectivity index (χ1) is 8.22. The monoisotopic (exact) mass is 231 g/mol. The van der Waals surface area contributed by atoms with Crippen molar-refractivity contribution in [1.82, 2.24) is 0 Å². The molecule has 1 N–H and O–H groups in total. The third-order valence-electron chi connectivity index (χ3n) is 1.96. The van der Waals surface area contributed by atoms with E-state index in [-0.39, 0.29) is 0 Å². The van der Waals surface area contributed by atoms with E-state index in [4.69, 9.17) is 5.11 Å². The molecule has 1 atom stereocenters. The lowest BCUT2D eigenvalue weighted by atomic mass is 10.2.